The first-order valence-electron chi connectivity index (χ1n) is 4.51. The van der Waals surface area contributed by atoms with Crippen molar-refractivity contribution in [1.29, 1.82) is 0 Å². The molecule has 0 heterocycles. The number of hydrogen-bond donors (Lipinski definition) is 2. The molecule has 2 atom stereocenters. The van der Waals surface area contributed by atoms with E-state index in [-0.39, 0.29) is 24.5 Å². The normalized spacial score (nSPS) is 15.1. The fourth-order valence-electron chi connectivity index (χ4n) is 0.821. The van der Waals surface area contributed by atoms with Gasteiger partial charge in [0.25, 0.3) is 0 Å². The molecule has 0 saturated heterocycles. The van der Waals surface area contributed by atoms with Crippen molar-refractivity contribution in [2.45, 2.75) is 26.3 Å². The van der Waals surface area contributed by atoms with E-state index >= 15 is 0 Å². The van der Waals surface area contributed by atoms with Crippen molar-refractivity contribution in [3.63, 3.8) is 0 Å². The van der Waals surface area contributed by atoms with Crippen LogP contribution < -0.4 is 5.32 Å². The summed E-state index contributed by atoms with van der Waals surface area (Å²) >= 11 is 1.66. The number of amides is 1. The number of carbonyl (C=O) groups excluding carboxylic acids is 1. The molecular formula is C9H19NO2S. The Morgan fingerprint density at radius 2 is 2.15 bits per heavy atom. The predicted molar refractivity (Wildman–Crippen MR) is 56.9 cm³/mol. The van der Waals surface area contributed by atoms with E-state index in [1.807, 2.05) is 20.1 Å². The lowest BCUT2D eigenvalue weighted by Gasteiger charge is -2.18. The number of rotatable bonds is 6. The van der Waals surface area contributed by atoms with Crippen LogP contribution in [0.5, 0.6) is 0 Å². The molecule has 78 valence electrons. The Kier molecular flexibility index (Phi) is 7.09. The standard InChI is InChI=1S/C9H19NO2S/c1-7(6-11)8(2)10-9(12)4-5-13-3/h7-8,11H,4-6H2,1-3H3,(H,10,12). The van der Waals surface area contributed by atoms with Gasteiger partial charge in [-0.05, 0) is 19.1 Å². The van der Waals surface area contributed by atoms with Crippen molar-refractivity contribution in [1.82, 2.24) is 5.32 Å². The third kappa shape index (κ3) is 5.93. The second-order valence-corrected chi connectivity index (χ2v) is 4.24. The van der Waals surface area contributed by atoms with Gasteiger partial charge in [-0.25, -0.2) is 0 Å². The maximum atomic E-state index is 11.2. The molecule has 3 nitrogen and oxygen atoms in total. The van der Waals surface area contributed by atoms with E-state index in [1.165, 1.54) is 0 Å². The van der Waals surface area contributed by atoms with E-state index in [1.54, 1.807) is 11.8 Å². The van der Waals surface area contributed by atoms with Gasteiger partial charge < -0.3 is 10.4 Å². The van der Waals surface area contributed by atoms with Crippen LogP contribution in [0.1, 0.15) is 20.3 Å². The predicted octanol–water partition coefficient (Wildman–Crippen LogP) is 0.873. The largest absolute Gasteiger partial charge is 0.396 e. The molecule has 0 bridgehead atoms. The monoisotopic (exact) mass is 205 g/mol. The minimum absolute atomic E-state index is 0.0550. The molecule has 13 heavy (non-hydrogen) atoms. The van der Waals surface area contributed by atoms with Crippen molar-refractivity contribution < 1.29 is 9.90 Å². The quantitative estimate of drug-likeness (QED) is 0.676. The Labute approximate surface area is 84.3 Å². The van der Waals surface area contributed by atoms with Crippen LogP contribution in [0.4, 0.5) is 0 Å². The molecule has 0 aliphatic carbocycles. The van der Waals surface area contributed by atoms with Gasteiger partial charge in [-0.1, -0.05) is 6.92 Å². The number of thioether (sulfide) groups is 1. The molecule has 1 amide bonds. The number of carbonyl (C=O) groups is 1. The summed E-state index contributed by atoms with van der Waals surface area (Å²) in [5.41, 5.74) is 0. The molecule has 0 fully saturated rings. The average molecular weight is 205 g/mol. The molecule has 0 rings (SSSR count). The van der Waals surface area contributed by atoms with E-state index in [4.69, 9.17) is 5.11 Å². The smallest absolute Gasteiger partial charge is 0.221 e. The second kappa shape index (κ2) is 7.21. The molecule has 0 aromatic heterocycles. The summed E-state index contributed by atoms with van der Waals surface area (Å²) < 4.78 is 0. The van der Waals surface area contributed by atoms with Crippen LogP contribution in [0, 0.1) is 5.92 Å². The molecule has 0 aliphatic rings. The zero-order valence-corrected chi connectivity index (χ0v) is 9.36. The number of nitrogens with one attached hydrogen (secondary N) is 1. The van der Waals surface area contributed by atoms with Crippen LogP contribution >= 0.6 is 11.8 Å². The summed E-state index contributed by atoms with van der Waals surface area (Å²) in [7, 11) is 0. The van der Waals surface area contributed by atoms with E-state index in [2.05, 4.69) is 5.32 Å². The van der Waals surface area contributed by atoms with Crippen LogP contribution in [0.3, 0.4) is 0 Å². The van der Waals surface area contributed by atoms with Gasteiger partial charge in [-0.15, -0.1) is 0 Å². The lowest BCUT2D eigenvalue weighted by molar-refractivity contribution is -0.121. The molecule has 2 unspecified atom stereocenters. The fourth-order valence-corrected chi connectivity index (χ4v) is 1.21. The molecule has 0 aromatic rings. The first-order valence-corrected chi connectivity index (χ1v) is 5.90. The molecule has 0 aromatic carbocycles. The summed E-state index contributed by atoms with van der Waals surface area (Å²) in [4.78, 5) is 11.2. The molecule has 0 aliphatic heterocycles. The molecule has 4 heteroatoms. The van der Waals surface area contributed by atoms with Gasteiger partial charge in [0.05, 0.1) is 0 Å². The highest BCUT2D eigenvalue weighted by atomic mass is 32.2. The van der Waals surface area contributed by atoms with Gasteiger partial charge >= 0.3 is 0 Å². The number of hydrogen-bond acceptors (Lipinski definition) is 3. The molecular weight excluding hydrogens is 186 g/mol. The van der Waals surface area contributed by atoms with Crippen molar-refractivity contribution in [3.05, 3.63) is 0 Å². The van der Waals surface area contributed by atoms with Gasteiger partial charge in [0, 0.05) is 24.8 Å². The lowest BCUT2D eigenvalue weighted by Crippen LogP contribution is -2.38. The minimum atomic E-state index is 0.0550. The zero-order chi connectivity index (χ0) is 10.3. The SMILES string of the molecule is CSCCC(=O)NC(C)C(C)CO. The Morgan fingerprint density at radius 3 is 2.62 bits per heavy atom. The first kappa shape index (κ1) is 12.8. The van der Waals surface area contributed by atoms with Crippen LogP contribution in [0.15, 0.2) is 0 Å². The van der Waals surface area contributed by atoms with E-state index < -0.39 is 0 Å². The van der Waals surface area contributed by atoms with Crippen molar-refractivity contribution in [3.8, 4) is 0 Å². The number of aliphatic hydroxyl groups is 1. The Morgan fingerprint density at radius 1 is 1.54 bits per heavy atom. The van der Waals surface area contributed by atoms with E-state index in [9.17, 15) is 4.79 Å². The highest BCUT2D eigenvalue weighted by molar-refractivity contribution is 7.98. The van der Waals surface area contributed by atoms with Crippen molar-refractivity contribution in [2.75, 3.05) is 18.6 Å². The van der Waals surface area contributed by atoms with Crippen LogP contribution in [0.25, 0.3) is 0 Å². The summed E-state index contributed by atoms with van der Waals surface area (Å²) in [6, 6.07) is 0.0550. The third-order valence-electron chi connectivity index (χ3n) is 2.06. The maximum Gasteiger partial charge on any atom is 0.221 e. The average Bonchev–Trinajstić information content (AvgIpc) is 2.13. The second-order valence-electron chi connectivity index (χ2n) is 3.26. The van der Waals surface area contributed by atoms with Crippen molar-refractivity contribution in [2.24, 2.45) is 5.92 Å². The van der Waals surface area contributed by atoms with Crippen LogP contribution in [-0.4, -0.2) is 35.7 Å². The van der Waals surface area contributed by atoms with Gasteiger partial charge in [0.1, 0.15) is 0 Å². The Bertz CT molecular complexity index is 153. The topological polar surface area (TPSA) is 49.3 Å². The summed E-state index contributed by atoms with van der Waals surface area (Å²) in [6.45, 7) is 3.95. The summed E-state index contributed by atoms with van der Waals surface area (Å²) in [5.74, 6) is 1.05. The van der Waals surface area contributed by atoms with Gasteiger partial charge in [0.15, 0.2) is 0 Å². The molecule has 0 spiro atoms. The molecule has 0 saturated carbocycles. The van der Waals surface area contributed by atoms with E-state index in [0.717, 1.165) is 5.75 Å². The highest BCUT2D eigenvalue weighted by Gasteiger charge is 2.12. The Hall–Kier alpha value is -0.220. The molecule has 0 radical (unpaired) electrons. The fraction of sp³-hybridized carbons (Fsp3) is 0.889. The highest BCUT2D eigenvalue weighted by Crippen LogP contribution is 2.02. The van der Waals surface area contributed by atoms with Crippen LogP contribution in [0.2, 0.25) is 0 Å². The lowest BCUT2D eigenvalue weighted by atomic mass is 10.1. The third-order valence-corrected chi connectivity index (χ3v) is 2.68. The van der Waals surface area contributed by atoms with Crippen LogP contribution in [-0.2, 0) is 4.79 Å². The van der Waals surface area contributed by atoms with Gasteiger partial charge in [-0.2, -0.15) is 11.8 Å². The first-order chi connectivity index (χ1) is 6.11. The van der Waals surface area contributed by atoms with Crippen molar-refractivity contribution >= 4 is 17.7 Å². The minimum Gasteiger partial charge on any atom is -0.396 e. The number of aliphatic hydroxyl groups excluding tert-OH is 1. The molecule has 2 N–H and O–H groups in total. The van der Waals surface area contributed by atoms with E-state index in [0.29, 0.717) is 6.42 Å². The Balaban J connectivity index is 3.64. The zero-order valence-electron chi connectivity index (χ0n) is 8.54. The van der Waals surface area contributed by atoms with Gasteiger partial charge in [-0.3, -0.25) is 4.79 Å². The maximum absolute atomic E-state index is 11.2. The van der Waals surface area contributed by atoms with Gasteiger partial charge in [0.2, 0.25) is 5.91 Å². The summed E-state index contributed by atoms with van der Waals surface area (Å²) in [6.07, 6.45) is 2.54. The summed E-state index contributed by atoms with van der Waals surface area (Å²) in [5, 5.41) is 11.7.